The number of hydrogen-bond donors (Lipinski definition) is 1. The summed E-state index contributed by atoms with van der Waals surface area (Å²) in [5.74, 6) is -0.589. The second-order valence-corrected chi connectivity index (χ2v) is 7.50. The first-order valence-corrected chi connectivity index (χ1v) is 10.1. The van der Waals surface area contributed by atoms with Gasteiger partial charge in [0.2, 0.25) is 0 Å². The van der Waals surface area contributed by atoms with Crippen molar-refractivity contribution >= 4 is 11.8 Å². The second kappa shape index (κ2) is 8.56. The summed E-state index contributed by atoms with van der Waals surface area (Å²) in [7, 11) is 0. The predicted octanol–water partition coefficient (Wildman–Crippen LogP) is 2.20. The molecule has 0 aliphatic carbocycles. The Hall–Kier alpha value is -2.67. The SMILES string of the molecule is O=C1NC(=O)c2c(CCCCOn3cc(CN4CCCCC4)cn3)cccc21. The van der Waals surface area contributed by atoms with Gasteiger partial charge in [-0.05, 0) is 56.8 Å². The summed E-state index contributed by atoms with van der Waals surface area (Å²) in [4.78, 5) is 33.4. The number of nitrogens with one attached hydrogen (secondary N) is 1. The first kappa shape index (κ1) is 18.7. The molecule has 0 unspecified atom stereocenters. The number of benzene rings is 1. The maximum absolute atomic E-state index is 11.9. The smallest absolute Gasteiger partial charge is 0.259 e. The Balaban J connectivity index is 1.21. The highest BCUT2D eigenvalue weighted by molar-refractivity contribution is 6.22. The van der Waals surface area contributed by atoms with Crippen LogP contribution in [-0.4, -0.2) is 46.4 Å². The van der Waals surface area contributed by atoms with Crippen LogP contribution in [0.15, 0.2) is 30.6 Å². The van der Waals surface area contributed by atoms with E-state index in [1.165, 1.54) is 37.9 Å². The predicted molar refractivity (Wildman–Crippen MR) is 104 cm³/mol. The van der Waals surface area contributed by atoms with E-state index in [1.54, 1.807) is 10.9 Å². The van der Waals surface area contributed by atoms with Gasteiger partial charge in [-0.3, -0.25) is 19.8 Å². The highest BCUT2D eigenvalue weighted by Gasteiger charge is 2.28. The van der Waals surface area contributed by atoms with E-state index in [0.717, 1.165) is 31.4 Å². The third-order valence-electron chi connectivity index (χ3n) is 5.38. The van der Waals surface area contributed by atoms with E-state index in [1.807, 2.05) is 24.5 Å². The van der Waals surface area contributed by atoms with Crippen molar-refractivity contribution in [3.05, 3.63) is 52.8 Å². The van der Waals surface area contributed by atoms with Gasteiger partial charge in [-0.15, -0.1) is 9.94 Å². The first-order chi connectivity index (χ1) is 13.7. The van der Waals surface area contributed by atoms with Crippen molar-refractivity contribution in [1.29, 1.82) is 0 Å². The maximum atomic E-state index is 11.9. The molecule has 1 fully saturated rings. The third-order valence-corrected chi connectivity index (χ3v) is 5.38. The van der Waals surface area contributed by atoms with Gasteiger partial charge in [-0.1, -0.05) is 18.6 Å². The van der Waals surface area contributed by atoms with Crippen molar-refractivity contribution in [3.63, 3.8) is 0 Å². The average Bonchev–Trinajstić information content (AvgIpc) is 3.27. The minimum atomic E-state index is -0.302. The maximum Gasteiger partial charge on any atom is 0.259 e. The zero-order chi connectivity index (χ0) is 19.3. The number of hydrogen-bond acceptors (Lipinski definition) is 5. The Kier molecular flexibility index (Phi) is 5.71. The molecule has 0 atom stereocenters. The number of fused-ring (bicyclic) bond motifs is 1. The van der Waals surface area contributed by atoms with Gasteiger partial charge >= 0.3 is 0 Å². The summed E-state index contributed by atoms with van der Waals surface area (Å²) < 4.78 is 0. The summed E-state index contributed by atoms with van der Waals surface area (Å²) in [5, 5.41) is 6.64. The number of likely N-dealkylation sites (tertiary alicyclic amines) is 1. The van der Waals surface area contributed by atoms with Crippen molar-refractivity contribution < 1.29 is 14.4 Å². The van der Waals surface area contributed by atoms with E-state index in [0.29, 0.717) is 17.7 Å². The van der Waals surface area contributed by atoms with Crippen LogP contribution in [0.3, 0.4) is 0 Å². The average molecular weight is 382 g/mol. The molecular formula is C21H26N4O3. The fourth-order valence-corrected chi connectivity index (χ4v) is 3.94. The number of rotatable bonds is 8. The number of aryl methyl sites for hydroxylation is 1. The highest BCUT2D eigenvalue weighted by Crippen LogP contribution is 2.21. The lowest BCUT2D eigenvalue weighted by atomic mass is 9.98. The van der Waals surface area contributed by atoms with Gasteiger partial charge in [0.05, 0.1) is 23.5 Å². The van der Waals surface area contributed by atoms with E-state index >= 15 is 0 Å². The fourth-order valence-electron chi connectivity index (χ4n) is 3.94. The molecule has 7 heteroatoms. The summed E-state index contributed by atoms with van der Waals surface area (Å²) in [6.07, 6.45) is 10.2. The van der Waals surface area contributed by atoms with Gasteiger partial charge in [0, 0.05) is 12.1 Å². The van der Waals surface area contributed by atoms with Crippen LogP contribution < -0.4 is 10.2 Å². The minimum Gasteiger partial charge on any atom is -0.397 e. The Morgan fingerprint density at radius 3 is 2.79 bits per heavy atom. The molecule has 2 aromatic rings. The Bertz CT molecular complexity index is 855. The lowest BCUT2D eigenvalue weighted by Crippen LogP contribution is -2.28. The normalized spacial score (nSPS) is 16.9. The zero-order valence-electron chi connectivity index (χ0n) is 16.0. The van der Waals surface area contributed by atoms with Crippen molar-refractivity contribution in [3.8, 4) is 0 Å². The summed E-state index contributed by atoms with van der Waals surface area (Å²) >= 11 is 0. The van der Waals surface area contributed by atoms with Gasteiger partial charge in [0.15, 0.2) is 0 Å². The van der Waals surface area contributed by atoms with Crippen molar-refractivity contribution in [2.24, 2.45) is 0 Å². The molecule has 0 radical (unpaired) electrons. The standard InChI is InChI=1S/C21H26N4O3/c26-20-18-9-6-8-17(19(18)21(27)23-20)7-2-5-12-28-25-15-16(13-22-25)14-24-10-3-1-4-11-24/h6,8-9,13,15H,1-5,7,10-12,14H2,(H,23,26,27). The lowest BCUT2D eigenvalue weighted by molar-refractivity contribution is 0.0793. The third kappa shape index (κ3) is 4.25. The molecule has 148 valence electrons. The number of imide groups is 1. The molecule has 2 amide bonds. The number of piperidine rings is 1. The van der Waals surface area contributed by atoms with Crippen LogP contribution in [-0.2, 0) is 13.0 Å². The van der Waals surface area contributed by atoms with Gasteiger partial charge in [0.25, 0.3) is 11.8 Å². The Morgan fingerprint density at radius 1 is 1.07 bits per heavy atom. The molecule has 1 saturated heterocycles. The molecule has 2 aliphatic rings. The molecular weight excluding hydrogens is 356 g/mol. The molecule has 2 aliphatic heterocycles. The van der Waals surface area contributed by atoms with Gasteiger partial charge < -0.3 is 4.84 Å². The number of nitrogens with zero attached hydrogens (tertiary/aromatic N) is 3. The van der Waals surface area contributed by atoms with E-state index in [2.05, 4.69) is 15.3 Å². The molecule has 0 spiro atoms. The second-order valence-electron chi connectivity index (χ2n) is 7.50. The topological polar surface area (TPSA) is 76.5 Å². The molecule has 1 aromatic heterocycles. The molecule has 3 heterocycles. The zero-order valence-corrected chi connectivity index (χ0v) is 16.0. The van der Waals surface area contributed by atoms with Gasteiger partial charge in [0.1, 0.15) is 6.61 Å². The van der Waals surface area contributed by atoms with E-state index in [9.17, 15) is 9.59 Å². The van der Waals surface area contributed by atoms with Crippen molar-refractivity contribution in [1.82, 2.24) is 20.2 Å². The van der Waals surface area contributed by atoms with E-state index in [-0.39, 0.29) is 11.8 Å². The van der Waals surface area contributed by atoms with Crippen LogP contribution in [0.2, 0.25) is 0 Å². The number of aromatic nitrogens is 2. The van der Waals surface area contributed by atoms with Gasteiger partial charge in [-0.2, -0.15) is 0 Å². The molecule has 28 heavy (non-hydrogen) atoms. The van der Waals surface area contributed by atoms with Crippen LogP contribution in [0, 0.1) is 0 Å². The van der Waals surface area contributed by atoms with Crippen LogP contribution in [0.25, 0.3) is 0 Å². The Labute approximate surface area is 164 Å². The van der Waals surface area contributed by atoms with Gasteiger partial charge in [-0.25, -0.2) is 0 Å². The van der Waals surface area contributed by atoms with Crippen LogP contribution >= 0.6 is 0 Å². The quantitative estimate of drug-likeness (QED) is 0.560. The lowest BCUT2D eigenvalue weighted by Gasteiger charge is -2.25. The number of unbranched alkanes of at least 4 members (excludes halogenated alkanes) is 1. The fraction of sp³-hybridized carbons (Fsp3) is 0.476. The van der Waals surface area contributed by atoms with E-state index < -0.39 is 0 Å². The monoisotopic (exact) mass is 382 g/mol. The summed E-state index contributed by atoms with van der Waals surface area (Å²) in [6, 6.07) is 5.44. The molecule has 4 rings (SSSR count). The molecule has 0 saturated carbocycles. The number of carbonyl (C=O) groups is 2. The summed E-state index contributed by atoms with van der Waals surface area (Å²) in [5.41, 5.74) is 3.11. The van der Waals surface area contributed by atoms with Crippen LogP contribution in [0.1, 0.15) is 63.9 Å². The van der Waals surface area contributed by atoms with Crippen molar-refractivity contribution in [2.75, 3.05) is 19.7 Å². The molecule has 1 aromatic carbocycles. The minimum absolute atomic E-state index is 0.287. The largest absolute Gasteiger partial charge is 0.397 e. The number of carbonyl (C=O) groups excluding carboxylic acids is 2. The Morgan fingerprint density at radius 2 is 1.93 bits per heavy atom. The van der Waals surface area contributed by atoms with Crippen LogP contribution in [0.4, 0.5) is 0 Å². The van der Waals surface area contributed by atoms with E-state index in [4.69, 9.17) is 4.84 Å². The number of amides is 2. The molecule has 0 bridgehead atoms. The molecule has 7 nitrogen and oxygen atoms in total. The molecule has 1 N–H and O–H groups in total. The summed E-state index contributed by atoms with van der Waals surface area (Å²) in [6.45, 7) is 3.83. The van der Waals surface area contributed by atoms with Crippen LogP contribution in [0.5, 0.6) is 0 Å². The highest BCUT2D eigenvalue weighted by atomic mass is 16.7. The van der Waals surface area contributed by atoms with Crippen molar-refractivity contribution in [2.45, 2.75) is 45.1 Å². The first-order valence-electron chi connectivity index (χ1n) is 10.1.